The van der Waals surface area contributed by atoms with Crippen molar-refractivity contribution in [3.63, 3.8) is 0 Å². The van der Waals surface area contributed by atoms with Crippen LogP contribution in [0.2, 0.25) is 0 Å². The molecule has 3 saturated heterocycles. The maximum Gasteiger partial charge on any atom is 0.410 e. The van der Waals surface area contributed by atoms with Crippen LogP contribution in [-0.4, -0.2) is 88.9 Å². The van der Waals surface area contributed by atoms with E-state index in [9.17, 15) is 10.1 Å². The average Bonchev–Trinajstić information content (AvgIpc) is 3.46. The molecule has 0 saturated carbocycles. The van der Waals surface area contributed by atoms with Gasteiger partial charge in [0.1, 0.15) is 17.4 Å². The second kappa shape index (κ2) is 12.8. The number of likely N-dealkylation sites (tertiary alicyclic amines) is 2. The Hall–Kier alpha value is -4.34. The van der Waals surface area contributed by atoms with E-state index in [0.717, 1.165) is 43.3 Å². The van der Waals surface area contributed by atoms with Crippen LogP contribution in [0.5, 0.6) is 5.75 Å². The van der Waals surface area contributed by atoms with Crippen LogP contribution >= 0.6 is 0 Å². The van der Waals surface area contributed by atoms with Crippen molar-refractivity contribution < 1.29 is 27.8 Å². The number of anilines is 2. The van der Waals surface area contributed by atoms with Crippen LogP contribution in [0.1, 0.15) is 50.7 Å². The second-order valence-corrected chi connectivity index (χ2v) is 13.1. The van der Waals surface area contributed by atoms with Gasteiger partial charge in [0.25, 0.3) is 0 Å². The highest BCUT2D eigenvalue weighted by Crippen LogP contribution is 2.35. The van der Waals surface area contributed by atoms with E-state index in [2.05, 4.69) is 38.4 Å². The lowest BCUT2D eigenvalue weighted by atomic mass is 9.98. The SMILES string of the molecule is CC(C)(C)OC(=O)N1CCC(Oc2ccc(-c3ccnc(Nc4ccc(C5CCN(C6COC6)C5)cc4)n3)cc2C#N)C(F)(F)C1. The molecule has 1 amide bonds. The molecule has 0 bridgehead atoms. The van der Waals surface area contributed by atoms with E-state index in [4.69, 9.17) is 14.2 Å². The number of nitrogens with zero attached hydrogens (tertiary/aromatic N) is 5. The molecule has 4 heterocycles. The smallest absolute Gasteiger partial charge is 0.410 e. The van der Waals surface area contributed by atoms with Gasteiger partial charge in [-0.05, 0) is 81.6 Å². The Labute approximate surface area is 267 Å². The largest absolute Gasteiger partial charge is 0.483 e. The van der Waals surface area contributed by atoms with Crippen molar-refractivity contribution in [1.82, 2.24) is 19.8 Å². The number of alkyl halides is 2. The number of rotatable bonds is 7. The lowest BCUT2D eigenvalue weighted by molar-refractivity contribution is -0.137. The van der Waals surface area contributed by atoms with E-state index >= 15 is 8.78 Å². The predicted molar refractivity (Wildman–Crippen MR) is 167 cm³/mol. The Kier molecular flexibility index (Phi) is 8.81. The number of piperidine rings is 1. The van der Waals surface area contributed by atoms with Crippen molar-refractivity contribution in [1.29, 1.82) is 5.26 Å². The van der Waals surface area contributed by atoms with Gasteiger partial charge in [0, 0.05) is 37.0 Å². The van der Waals surface area contributed by atoms with Crippen LogP contribution in [0.15, 0.2) is 54.7 Å². The Morgan fingerprint density at radius 2 is 1.89 bits per heavy atom. The molecule has 242 valence electrons. The molecule has 0 spiro atoms. The maximum absolute atomic E-state index is 15.1. The minimum absolute atomic E-state index is 0.0422. The minimum Gasteiger partial charge on any atom is -0.483 e. The number of halogens is 2. The summed E-state index contributed by atoms with van der Waals surface area (Å²) in [4.78, 5) is 24.8. The molecule has 0 radical (unpaired) electrons. The number of carbonyl (C=O) groups excluding carboxylic acids is 1. The Bertz CT molecular complexity index is 1600. The van der Waals surface area contributed by atoms with Gasteiger partial charge in [-0.3, -0.25) is 4.90 Å². The topological polar surface area (TPSA) is 113 Å². The van der Waals surface area contributed by atoms with Crippen LogP contribution in [0.3, 0.4) is 0 Å². The van der Waals surface area contributed by atoms with Crippen LogP contribution in [0.4, 0.5) is 25.2 Å². The summed E-state index contributed by atoms with van der Waals surface area (Å²) in [6.45, 7) is 8.07. The standard InChI is InChI=1S/C34H38F2N6O4/c1-33(2,3)46-32(43)42-15-12-30(34(35,36)21-42)45-29-9-6-23(16-25(29)17-37)28-10-13-38-31(40-28)39-26-7-4-22(5-8-26)24-11-14-41(18-24)27-19-44-20-27/h4-10,13,16,24,27,30H,11-12,14-15,18-21H2,1-3H3,(H,38,39,40). The molecule has 3 aromatic rings. The number of hydrogen-bond donors (Lipinski definition) is 1. The highest BCUT2D eigenvalue weighted by atomic mass is 19.3. The van der Waals surface area contributed by atoms with Gasteiger partial charge in [-0.1, -0.05) is 12.1 Å². The molecular weight excluding hydrogens is 594 g/mol. The first-order valence-electron chi connectivity index (χ1n) is 15.6. The zero-order chi connectivity index (χ0) is 32.5. The van der Waals surface area contributed by atoms with Crippen molar-refractivity contribution >= 4 is 17.7 Å². The number of nitrogens with one attached hydrogen (secondary N) is 1. The Morgan fingerprint density at radius 3 is 2.57 bits per heavy atom. The van der Waals surface area contributed by atoms with E-state index in [-0.39, 0.29) is 24.3 Å². The van der Waals surface area contributed by atoms with Crippen molar-refractivity contribution in [2.24, 2.45) is 0 Å². The van der Waals surface area contributed by atoms with Crippen LogP contribution < -0.4 is 10.1 Å². The van der Waals surface area contributed by atoms with Gasteiger partial charge in [0.05, 0.1) is 37.1 Å². The summed E-state index contributed by atoms with van der Waals surface area (Å²) < 4.78 is 46.4. The van der Waals surface area contributed by atoms with Crippen LogP contribution in [0.25, 0.3) is 11.3 Å². The van der Waals surface area contributed by atoms with E-state index in [1.54, 1.807) is 45.2 Å². The van der Waals surface area contributed by atoms with E-state index in [0.29, 0.717) is 29.2 Å². The number of amides is 1. The number of nitriles is 1. The number of ether oxygens (including phenoxy) is 3. The lowest BCUT2D eigenvalue weighted by Crippen LogP contribution is -2.56. The summed E-state index contributed by atoms with van der Waals surface area (Å²) in [6.07, 6.45) is 0.342. The first-order valence-corrected chi connectivity index (χ1v) is 15.6. The van der Waals surface area contributed by atoms with Gasteiger partial charge in [-0.15, -0.1) is 0 Å². The summed E-state index contributed by atoms with van der Waals surface area (Å²) in [6, 6.07) is 17.4. The predicted octanol–water partition coefficient (Wildman–Crippen LogP) is 5.97. The molecule has 2 atom stereocenters. The van der Waals surface area contributed by atoms with Gasteiger partial charge < -0.3 is 24.4 Å². The normalized spacial score (nSPS) is 21.7. The molecule has 1 aromatic heterocycles. The summed E-state index contributed by atoms with van der Waals surface area (Å²) in [5.74, 6) is -2.40. The second-order valence-electron chi connectivity index (χ2n) is 13.1. The summed E-state index contributed by atoms with van der Waals surface area (Å²) in [5.41, 5.74) is 2.63. The third kappa shape index (κ3) is 7.21. The van der Waals surface area contributed by atoms with Crippen molar-refractivity contribution in [3.8, 4) is 23.1 Å². The van der Waals surface area contributed by atoms with Crippen LogP contribution in [-0.2, 0) is 9.47 Å². The highest BCUT2D eigenvalue weighted by Gasteiger charge is 2.48. The molecule has 46 heavy (non-hydrogen) atoms. The molecule has 1 N–H and O–H groups in total. The number of benzene rings is 2. The molecule has 12 heteroatoms. The van der Waals surface area contributed by atoms with Crippen LogP contribution in [0, 0.1) is 11.3 Å². The fraction of sp³-hybridized carbons (Fsp3) is 0.471. The molecule has 3 aliphatic heterocycles. The van der Waals surface area contributed by atoms with E-state index < -0.39 is 30.3 Å². The van der Waals surface area contributed by atoms with Gasteiger partial charge in [0.2, 0.25) is 5.95 Å². The maximum atomic E-state index is 15.1. The zero-order valence-corrected chi connectivity index (χ0v) is 26.2. The van der Waals surface area contributed by atoms with Gasteiger partial charge in [-0.25, -0.2) is 23.5 Å². The van der Waals surface area contributed by atoms with E-state index in [1.165, 1.54) is 11.6 Å². The highest BCUT2D eigenvalue weighted by molar-refractivity contribution is 5.68. The average molecular weight is 633 g/mol. The summed E-state index contributed by atoms with van der Waals surface area (Å²) in [5, 5.41) is 13.1. The summed E-state index contributed by atoms with van der Waals surface area (Å²) in [7, 11) is 0. The minimum atomic E-state index is -3.34. The quantitative estimate of drug-likeness (QED) is 0.337. The number of aromatic nitrogens is 2. The molecule has 3 aliphatic rings. The first-order chi connectivity index (χ1) is 22.0. The molecular formula is C34H38F2N6O4. The fourth-order valence-electron chi connectivity index (χ4n) is 5.95. The lowest BCUT2D eigenvalue weighted by Gasteiger charge is -2.38. The third-order valence-electron chi connectivity index (χ3n) is 8.50. The third-order valence-corrected chi connectivity index (χ3v) is 8.50. The van der Waals surface area contributed by atoms with Gasteiger partial charge in [0.15, 0.2) is 6.10 Å². The van der Waals surface area contributed by atoms with Crippen molar-refractivity contribution in [2.75, 3.05) is 44.7 Å². The van der Waals surface area contributed by atoms with E-state index in [1.807, 2.05) is 12.1 Å². The van der Waals surface area contributed by atoms with Gasteiger partial charge in [-0.2, -0.15) is 5.26 Å². The monoisotopic (exact) mass is 632 g/mol. The zero-order valence-electron chi connectivity index (χ0n) is 26.2. The first kappa shape index (κ1) is 31.6. The molecule has 2 aromatic carbocycles. The molecule has 2 unspecified atom stereocenters. The Morgan fingerprint density at radius 1 is 1.11 bits per heavy atom. The molecule has 6 rings (SSSR count). The Balaban J connectivity index is 1.09. The molecule has 0 aliphatic carbocycles. The summed E-state index contributed by atoms with van der Waals surface area (Å²) >= 11 is 0. The van der Waals surface area contributed by atoms with Gasteiger partial charge >= 0.3 is 12.0 Å². The number of carbonyl (C=O) groups is 1. The fourth-order valence-corrected chi connectivity index (χ4v) is 5.95. The molecule has 10 nitrogen and oxygen atoms in total. The molecule has 3 fully saturated rings. The van der Waals surface area contributed by atoms with Crippen molar-refractivity contribution in [3.05, 3.63) is 65.9 Å². The van der Waals surface area contributed by atoms with Crippen molar-refractivity contribution in [2.45, 2.75) is 63.2 Å². The number of hydrogen-bond acceptors (Lipinski definition) is 9.